The van der Waals surface area contributed by atoms with Crippen LogP contribution in [0.5, 0.6) is 0 Å². The Morgan fingerprint density at radius 2 is 2.22 bits per heavy atom. The maximum Gasteiger partial charge on any atom is 0.358 e. The zero-order valence-corrected chi connectivity index (χ0v) is 10.5. The highest BCUT2D eigenvalue weighted by Crippen LogP contribution is 2.18. The summed E-state index contributed by atoms with van der Waals surface area (Å²) < 4.78 is 4.55. The highest BCUT2D eigenvalue weighted by Gasteiger charge is 2.19. The maximum absolute atomic E-state index is 11.1. The fourth-order valence-electron chi connectivity index (χ4n) is 1.53. The Morgan fingerprint density at radius 3 is 2.83 bits per heavy atom. The largest absolute Gasteiger partial charge is 0.464 e. The van der Waals surface area contributed by atoms with E-state index in [4.69, 9.17) is 0 Å². The predicted molar refractivity (Wildman–Crippen MR) is 67.5 cm³/mol. The van der Waals surface area contributed by atoms with Crippen molar-refractivity contribution < 1.29 is 9.53 Å². The van der Waals surface area contributed by atoms with Gasteiger partial charge in [-0.05, 0) is 25.8 Å². The van der Waals surface area contributed by atoms with Gasteiger partial charge in [-0.25, -0.2) is 14.8 Å². The summed E-state index contributed by atoms with van der Waals surface area (Å²) in [5.74, 6) is 0.205. The van der Waals surface area contributed by atoms with Crippen molar-refractivity contribution in [2.45, 2.75) is 25.3 Å². The molecule has 6 heteroatoms. The molecule has 0 bridgehead atoms. The molecule has 0 aliphatic heterocycles. The number of rotatable bonds is 7. The molecule has 0 aromatic carbocycles. The van der Waals surface area contributed by atoms with E-state index in [2.05, 4.69) is 25.3 Å². The van der Waals surface area contributed by atoms with Crippen molar-refractivity contribution in [3.63, 3.8) is 0 Å². The number of nitrogens with zero attached hydrogens (tertiary/aromatic N) is 2. The molecular weight excluding hydrogens is 232 g/mol. The molecule has 0 amide bonds. The Kier molecular flexibility index (Phi) is 4.46. The monoisotopic (exact) mass is 250 g/mol. The summed E-state index contributed by atoms with van der Waals surface area (Å²) in [6.07, 6.45) is 6.62. The minimum absolute atomic E-state index is 0.221. The molecule has 0 unspecified atom stereocenters. The molecule has 1 heterocycles. The Bertz CT molecular complexity index is 390. The van der Waals surface area contributed by atoms with E-state index in [9.17, 15) is 4.79 Å². The van der Waals surface area contributed by atoms with Crippen LogP contribution in [0, 0.1) is 0 Å². The van der Waals surface area contributed by atoms with Gasteiger partial charge in [0.15, 0.2) is 5.69 Å². The van der Waals surface area contributed by atoms with Gasteiger partial charge in [-0.15, -0.1) is 0 Å². The van der Waals surface area contributed by atoms with E-state index < -0.39 is 5.97 Å². The first-order chi connectivity index (χ1) is 8.79. The number of ether oxygens (including phenoxy) is 1. The molecule has 1 aliphatic rings. The highest BCUT2D eigenvalue weighted by atomic mass is 16.5. The highest BCUT2D eigenvalue weighted by molar-refractivity contribution is 5.86. The second-order valence-corrected chi connectivity index (χ2v) is 4.29. The standard InChI is InChI=1S/C12H18N4O2/c1-18-12(17)10-7-16-11(8-15-10)14-6-2-5-13-9-3-4-9/h7-9,13H,2-6H2,1H3,(H,14,16). The molecule has 6 nitrogen and oxygen atoms in total. The molecule has 2 rings (SSSR count). The molecule has 0 radical (unpaired) electrons. The van der Waals surface area contributed by atoms with Crippen LogP contribution in [0.3, 0.4) is 0 Å². The normalized spacial score (nSPS) is 14.3. The smallest absolute Gasteiger partial charge is 0.358 e. The van der Waals surface area contributed by atoms with Crippen molar-refractivity contribution in [3.05, 3.63) is 18.1 Å². The Labute approximate surface area is 106 Å². The van der Waals surface area contributed by atoms with E-state index in [0.29, 0.717) is 5.82 Å². The fraction of sp³-hybridized carbons (Fsp3) is 0.583. The number of anilines is 1. The van der Waals surface area contributed by atoms with Crippen LogP contribution in [0.25, 0.3) is 0 Å². The van der Waals surface area contributed by atoms with Gasteiger partial charge in [-0.3, -0.25) is 0 Å². The van der Waals surface area contributed by atoms with Gasteiger partial charge in [0.2, 0.25) is 0 Å². The zero-order chi connectivity index (χ0) is 12.8. The lowest BCUT2D eigenvalue weighted by molar-refractivity contribution is 0.0593. The molecule has 1 aromatic rings. The minimum atomic E-state index is -0.470. The van der Waals surface area contributed by atoms with Crippen molar-refractivity contribution in [1.29, 1.82) is 0 Å². The van der Waals surface area contributed by atoms with Crippen molar-refractivity contribution in [2.24, 2.45) is 0 Å². The number of aromatic nitrogens is 2. The van der Waals surface area contributed by atoms with Gasteiger partial charge in [0, 0.05) is 12.6 Å². The summed E-state index contributed by atoms with van der Waals surface area (Å²) in [7, 11) is 1.32. The van der Waals surface area contributed by atoms with Crippen LogP contribution in [-0.2, 0) is 4.74 Å². The van der Waals surface area contributed by atoms with E-state index in [-0.39, 0.29) is 5.69 Å². The van der Waals surface area contributed by atoms with Gasteiger partial charge in [-0.1, -0.05) is 0 Å². The van der Waals surface area contributed by atoms with Gasteiger partial charge in [0.25, 0.3) is 0 Å². The Hall–Kier alpha value is -1.69. The van der Waals surface area contributed by atoms with Crippen molar-refractivity contribution in [3.8, 4) is 0 Å². The number of nitrogens with one attached hydrogen (secondary N) is 2. The SMILES string of the molecule is COC(=O)c1cnc(NCCCNC2CC2)cn1. The second kappa shape index (κ2) is 6.30. The molecule has 1 aromatic heterocycles. The molecule has 0 saturated heterocycles. The summed E-state index contributed by atoms with van der Waals surface area (Å²) in [6.45, 7) is 1.86. The zero-order valence-electron chi connectivity index (χ0n) is 10.5. The summed E-state index contributed by atoms with van der Waals surface area (Å²) in [5.41, 5.74) is 0.221. The Morgan fingerprint density at radius 1 is 1.39 bits per heavy atom. The van der Waals surface area contributed by atoms with Crippen molar-refractivity contribution >= 4 is 11.8 Å². The lowest BCUT2D eigenvalue weighted by Crippen LogP contribution is -2.20. The molecule has 0 spiro atoms. The van der Waals surface area contributed by atoms with Gasteiger partial charge in [-0.2, -0.15) is 0 Å². The average molecular weight is 250 g/mol. The van der Waals surface area contributed by atoms with E-state index in [1.165, 1.54) is 26.1 Å². The Balaban J connectivity index is 1.67. The molecular formula is C12H18N4O2. The van der Waals surface area contributed by atoms with Gasteiger partial charge < -0.3 is 15.4 Å². The lowest BCUT2D eigenvalue weighted by Gasteiger charge is -2.06. The van der Waals surface area contributed by atoms with E-state index in [1.807, 2.05) is 0 Å². The first kappa shape index (κ1) is 12.8. The minimum Gasteiger partial charge on any atom is -0.464 e. The first-order valence-electron chi connectivity index (χ1n) is 6.17. The third-order valence-corrected chi connectivity index (χ3v) is 2.72. The third-order valence-electron chi connectivity index (χ3n) is 2.72. The van der Waals surface area contributed by atoms with Gasteiger partial charge in [0.05, 0.1) is 19.5 Å². The molecule has 1 saturated carbocycles. The lowest BCUT2D eigenvalue weighted by atomic mass is 10.4. The van der Waals surface area contributed by atoms with Crippen molar-refractivity contribution in [2.75, 3.05) is 25.5 Å². The van der Waals surface area contributed by atoms with Gasteiger partial charge in [0.1, 0.15) is 5.82 Å². The van der Waals surface area contributed by atoms with Crippen LogP contribution in [0.4, 0.5) is 5.82 Å². The average Bonchev–Trinajstić information content (AvgIpc) is 3.22. The topological polar surface area (TPSA) is 76.1 Å². The molecule has 0 atom stereocenters. The quantitative estimate of drug-likeness (QED) is 0.551. The first-order valence-corrected chi connectivity index (χ1v) is 6.17. The maximum atomic E-state index is 11.1. The van der Waals surface area contributed by atoms with Gasteiger partial charge >= 0.3 is 5.97 Å². The predicted octanol–water partition coefficient (Wildman–Crippen LogP) is 0.817. The summed E-state index contributed by atoms with van der Waals surface area (Å²) in [4.78, 5) is 19.2. The number of hydrogen-bond acceptors (Lipinski definition) is 6. The molecule has 2 N–H and O–H groups in total. The third kappa shape index (κ3) is 3.96. The molecule has 1 fully saturated rings. The second-order valence-electron chi connectivity index (χ2n) is 4.29. The van der Waals surface area contributed by atoms with Crippen LogP contribution in [-0.4, -0.2) is 42.2 Å². The summed E-state index contributed by atoms with van der Waals surface area (Å²) in [5, 5.41) is 6.59. The summed E-state index contributed by atoms with van der Waals surface area (Å²) in [6, 6.07) is 0.754. The van der Waals surface area contributed by atoms with E-state index in [1.54, 1.807) is 6.20 Å². The van der Waals surface area contributed by atoms with Crippen LogP contribution < -0.4 is 10.6 Å². The molecule has 18 heavy (non-hydrogen) atoms. The molecule has 1 aliphatic carbocycles. The number of carbonyl (C=O) groups is 1. The number of esters is 1. The number of carbonyl (C=O) groups excluding carboxylic acids is 1. The van der Waals surface area contributed by atoms with Crippen LogP contribution in [0.2, 0.25) is 0 Å². The van der Waals surface area contributed by atoms with Crippen molar-refractivity contribution in [1.82, 2.24) is 15.3 Å². The number of methoxy groups -OCH3 is 1. The number of hydrogen-bond donors (Lipinski definition) is 2. The fourth-order valence-corrected chi connectivity index (χ4v) is 1.53. The van der Waals surface area contributed by atoms with Crippen LogP contribution >= 0.6 is 0 Å². The van der Waals surface area contributed by atoms with E-state index in [0.717, 1.165) is 25.6 Å². The van der Waals surface area contributed by atoms with Crippen LogP contribution in [0.1, 0.15) is 29.8 Å². The molecule has 98 valence electrons. The summed E-state index contributed by atoms with van der Waals surface area (Å²) >= 11 is 0. The van der Waals surface area contributed by atoms with E-state index >= 15 is 0 Å². The van der Waals surface area contributed by atoms with Crippen LogP contribution in [0.15, 0.2) is 12.4 Å².